The van der Waals surface area contributed by atoms with Gasteiger partial charge in [-0.15, -0.1) is 0 Å². The Kier molecular flexibility index (Phi) is 4.41. The molecule has 1 aliphatic heterocycles. The number of ether oxygens (including phenoxy) is 1. The van der Waals surface area contributed by atoms with Crippen molar-refractivity contribution in [1.82, 2.24) is 14.9 Å². The Morgan fingerprint density at radius 2 is 2.22 bits per heavy atom. The summed E-state index contributed by atoms with van der Waals surface area (Å²) in [5.74, 6) is 1.32. The molecule has 0 spiro atoms. The predicted octanol–water partition coefficient (Wildman–Crippen LogP) is 2.50. The highest BCUT2D eigenvalue weighted by Gasteiger charge is 2.30. The van der Waals surface area contributed by atoms with Crippen molar-refractivity contribution in [2.24, 2.45) is 0 Å². The molecule has 2 aromatic heterocycles. The topological polar surface area (TPSA) is 67.4 Å². The molecular weight excluding hydrogens is 292 g/mol. The molecule has 120 valence electrons. The number of nitrogens with zero attached hydrogens (tertiary/aromatic N) is 3. The van der Waals surface area contributed by atoms with Crippen molar-refractivity contribution >= 4 is 11.7 Å². The van der Waals surface area contributed by atoms with E-state index < -0.39 is 0 Å². The summed E-state index contributed by atoms with van der Waals surface area (Å²) in [5.41, 5.74) is 1.69. The summed E-state index contributed by atoms with van der Waals surface area (Å²) >= 11 is 0. The van der Waals surface area contributed by atoms with E-state index in [2.05, 4.69) is 15.3 Å². The maximum atomic E-state index is 12.8. The lowest BCUT2D eigenvalue weighted by Crippen LogP contribution is -2.30. The van der Waals surface area contributed by atoms with Gasteiger partial charge in [0.1, 0.15) is 5.82 Å². The Balaban J connectivity index is 1.83. The van der Waals surface area contributed by atoms with Gasteiger partial charge >= 0.3 is 0 Å². The van der Waals surface area contributed by atoms with Crippen LogP contribution in [0.25, 0.3) is 0 Å². The number of nitrogens with one attached hydrogen (secondary N) is 1. The summed E-state index contributed by atoms with van der Waals surface area (Å²) in [4.78, 5) is 23.1. The highest BCUT2D eigenvalue weighted by molar-refractivity contribution is 5.94. The summed E-state index contributed by atoms with van der Waals surface area (Å²) in [6.45, 7) is 0.757. The van der Waals surface area contributed by atoms with Crippen molar-refractivity contribution in [2.75, 3.05) is 26.0 Å². The van der Waals surface area contributed by atoms with Crippen LogP contribution in [0.15, 0.2) is 36.7 Å². The number of anilines is 1. The van der Waals surface area contributed by atoms with Crippen LogP contribution in [0.1, 0.15) is 34.8 Å². The Labute approximate surface area is 135 Å². The zero-order chi connectivity index (χ0) is 16.2. The second-order valence-electron chi connectivity index (χ2n) is 5.47. The van der Waals surface area contributed by atoms with Crippen molar-refractivity contribution in [3.63, 3.8) is 0 Å². The number of carbonyl (C=O) groups excluding carboxylic acids is 1. The molecule has 0 aromatic carbocycles. The van der Waals surface area contributed by atoms with Crippen LogP contribution in [-0.4, -0.2) is 41.5 Å². The van der Waals surface area contributed by atoms with Gasteiger partial charge in [0.25, 0.3) is 5.91 Å². The van der Waals surface area contributed by atoms with Gasteiger partial charge in [-0.25, -0.2) is 9.97 Å². The summed E-state index contributed by atoms with van der Waals surface area (Å²) < 4.78 is 5.04. The van der Waals surface area contributed by atoms with E-state index in [1.165, 1.54) is 0 Å². The number of pyridine rings is 2. The van der Waals surface area contributed by atoms with E-state index in [1.807, 2.05) is 24.1 Å². The van der Waals surface area contributed by atoms with Gasteiger partial charge in [-0.2, -0.15) is 0 Å². The summed E-state index contributed by atoms with van der Waals surface area (Å²) in [7, 11) is 3.40. The lowest BCUT2D eigenvalue weighted by Gasteiger charge is -2.25. The first-order valence-corrected chi connectivity index (χ1v) is 7.67. The van der Waals surface area contributed by atoms with E-state index >= 15 is 0 Å². The van der Waals surface area contributed by atoms with Crippen LogP contribution in [0.5, 0.6) is 5.88 Å². The van der Waals surface area contributed by atoms with Gasteiger partial charge in [0.05, 0.1) is 18.7 Å². The van der Waals surface area contributed by atoms with E-state index in [1.54, 1.807) is 31.6 Å². The van der Waals surface area contributed by atoms with Crippen LogP contribution in [0, 0.1) is 0 Å². The third kappa shape index (κ3) is 3.11. The molecule has 1 unspecified atom stereocenters. The highest BCUT2D eigenvalue weighted by Crippen LogP contribution is 2.33. The number of aromatic nitrogens is 2. The molecule has 1 saturated heterocycles. The van der Waals surface area contributed by atoms with E-state index in [0.29, 0.717) is 11.4 Å². The molecule has 23 heavy (non-hydrogen) atoms. The van der Waals surface area contributed by atoms with E-state index in [0.717, 1.165) is 30.8 Å². The molecule has 6 heteroatoms. The monoisotopic (exact) mass is 312 g/mol. The van der Waals surface area contributed by atoms with Crippen LogP contribution in [0.3, 0.4) is 0 Å². The van der Waals surface area contributed by atoms with Gasteiger partial charge in [-0.3, -0.25) is 4.79 Å². The quantitative estimate of drug-likeness (QED) is 0.939. The molecule has 1 atom stereocenters. The number of carbonyl (C=O) groups is 1. The van der Waals surface area contributed by atoms with Crippen LogP contribution < -0.4 is 10.1 Å². The first-order chi connectivity index (χ1) is 11.2. The highest BCUT2D eigenvalue weighted by atomic mass is 16.5. The Morgan fingerprint density at radius 1 is 1.35 bits per heavy atom. The lowest BCUT2D eigenvalue weighted by atomic mass is 10.1. The van der Waals surface area contributed by atoms with Crippen LogP contribution in [0.4, 0.5) is 5.82 Å². The average molecular weight is 312 g/mol. The Bertz CT molecular complexity index is 687. The standard InChI is InChI=1S/C17H20N4O2/c1-18-15-10-12(7-8-19-15)14-4-3-9-21(14)17(22)13-5-6-16(23-2)20-11-13/h5-8,10-11,14H,3-4,9H2,1-2H3,(H,18,19). The fraction of sp³-hybridized carbons (Fsp3) is 0.353. The van der Waals surface area contributed by atoms with Crippen molar-refractivity contribution in [3.8, 4) is 5.88 Å². The molecule has 0 radical (unpaired) electrons. The number of rotatable bonds is 4. The van der Waals surface area contributed by atoms with E-state index in [9.17, 15) is 4.79 Å². The summed E-state index contributed by atoms with van der Waals surface area (Å²) in [6.07, 6.45) is 5.30. The number of hydrogen-bond acceptors (Lipinski definition) is 5. The van der Waals surface area contributed by atoms with Crippen LogP contribution in [-0.2, 0) is 0 Å². The first-order valence-electron chi connectivity index (χ1n) is 7.67. The molecule has 3 rings (SSSR count). The largest absolute Gasteiger partial charge is 0.481 e. The van der Waals surface area contributed by atoms with Gasteiger partial charge in [-0.1, -0.05) is 0 Å². The van der Waals surface area contributed by atoms with E-state index in [4.69, 9.17) is 4.74 Å². The van der Waals surface area contributed by atoms with Crippen molar-refractivity contribution < 1.29 is 9.53 Å². The van der Waals surface area contributed by atoms with Gasteiger partial charge in [0, 0.05) is 32.1 Å². The second kappa shape index (κ2) is 6.64. The zero-order valence-electron chi connectivity index (χ0n) is 13.3. The minimum atomic E-state index is 0.00507. The van der Waals surface area contributed by atoms with Crippen LogP contribution in [0.2, 0.25) is 0 Å². The molecule has 1 aliphatic rings. The maximum absolute atomic E-state index is 12.8. The van der Waals surface area contributed by atoms with E-state index in [-0.39, 0.29) is 11.9 Å². The molecule has 2 aromatic rings. The molecule has 1 fully saturated rings. The van der Waals surface area contributed by atoms with Gasteiger partial charge < -0.3 is 15.0 Å². The van der Waals surface area contributed by atoms with Crippen molar-refractivity contribution in [3.05, 3.63) is 47.8 Å². The fourth-order valence-electron chi connectivity index (χ4n) is 2.94. The molecule has 0 saturated carbocycles. The van der Waals surface area contributed by atoms with Crippen LogP contribution >= 0.6 is 0 Å². The van der Waals surface area contributed by atoms with Crippen molar-refractivity contribution in [2.45, 2.75) is 18.9 Å². The second-order valence-corrected chi connectivity index (χ2v) is 5.47. The number of amides is 1. The number of hydrogen-bond donors (Lipinski definition) is 1. The molecule has 0 bridgehead atoms. The molecule has 0 aliphatic carbocycles. The molecule has 6 nitrogen and oxygen atoms in total. The normalized spacial score (nSPS) is 17.1. The average Bonchev–Trinajstić information content (AvgIpc) is 3.11. The minimum Gasteiger partial charge on any atom is -0.481 e. The van der Waals surface area contributed by atoms with Crippen molar-refractivity contribution in [1.29, 1.82) is 0 Å². The molecular formula is C17H20N4O2. The SMILES string of the molecule is CNc1cc(C2CCCN2C(=O)c2ccc(OC)nc2)ccn1. The minimum absolute atomic E-state index is 0.00507. The molecule has 1 amide bonds. The Morgan fingerprint density at radius 3 is 2.91 bits per heavy atom. The molecule has 1 N–H and O–H groups in total. The smallest absolute Gasteiger partial charge is 0.255 e. The first kappa shape index (κ1) is 15.3. The lowest BCUT2D eigenvalue weighted by molar-refractivity contribution is 0.0735. The predicted molar refractivity (Wildman–Crippen MR) is 87.6 cm³/mol. The van der Waals surface area contributed by atoms with Gasteiger partial charge in [0.15, 0.2) is 0 Å². The Hall–Kier alpha value is -2.63. The molecule has 3 heterocycles. The van der Waals surface area contributed by atoms with Gasteiger partial charge in [-0.05, 0) is 36.6 Å². The number of methoxy groups -OCH3 is 1. The zero-order valence-corrected chi connectivity index (χ0v) is 13.3. The maximum Gasteiger partial charge on any atom is 0.255 e. The fourth-order valence-corrected chi connectivity index (χ4v) is 2.94. The summed E-state index contributed by atoms with van der Waals surface area (Å²) in [5, 5.41) is 3.04. The summed E-state index contributed by atoms with van der Waals surface area (Å²) in [6, 6.07) is 7.53. The number of likely N-dealkylation sites (tertiary alicyclic amines) is 1. The van der Waals surface area contributed by atoms with Gasteiger partial charge in [0.2, 0.25) is 5.88 Å². The third-order valence-electron chi connectivity index (χ3n) is 4.13. The third-order valence-corrected chi connectivity index (χ3v) is 4.13.